The zero-order valence-electron chi connectivity index (χ0n) is 13.3. The second-order valence-electron chi connectivity index (χ2n) is 5.80. The van der Waals surface area contributed by atoms with Crippen LogP contribution in [0.2, 0.25) is 5.02 Å². The number of rotatable bonds is 4. The molecule has 3 rings (SSSR count). The van der Waals surface area contributed by atoms with Gasteiger partial charge in [0.15, 0.2) is 0 Å². The van der Waals surface area contributed by atoms with Crippen molar-refractivity contribution in [3.63, 3.8) is 0 Å². The van der Waals surface area contributed by atoms with Crippen molar-refractivity contribution in [1.29, 1.82) is 0 Å². The maximum atomic E-state index is 12.9. The summed E-state index contributed by atoms with van der Waals surface area (Å²) in [5.41, 5.74) is 0.472. The van der Waals surface area contributed by atoms with E-state index in [-0.39, 0.29) is 41.7 Å². The smallest absolute Gasteiger partial charge is 0.306 e. The molecule has 0 aliphatic carbocycles. The molecular formula is C15H16ClN3O5S. The molecule has 0 amide bonds. The molecule has 1 aliphatic heterocycles. The Morgan fingerprint density at radius 1 is 1.36 bits per heavy atom. The van der Waals surface area contributed by atoms with Crippen molar-refractivity contribution in [3.8, 4) is 11.4 Å². The molecule has 8 nitrogen and oxygen atoms in total. The topological polar surface area (TPSA) is 114 Å². The number of carbonyl (C=O) groups is 1. The molecule has 0 spiro atoms. The minimum Gasteiger partial charge on any atom is -0.481 e. The van der Waals surface area contributed by atoms with E-state index in [9.17, 15) is 13.2 Å². The summed E-state index contributed by atoms with van der Waals surface area (Å²) in [4.78, 5) is 15.1. The first-order valence-corrected chi connectivity index (χ1v) is 9.44. The minimum absolute atomic E-state index is 0.0529. The lowest BCUT2D eigenvalue weighted by atomic mass is 9.99. The van der Waals surface area contributed by atoms with Crippen LogP contribution in [0.15, 0.2) is 27.6 Å². The zero-order valence-corrected chi connectivity index (χ0v) is 14.9. The Kier molecular flexibility index (Phi) is 4.81. The third-order valence-corrected chi connectivity index (χ3v) is 6.52. The highest BCUT2D eigenvalue weighted by Gasteiger charge is 2.33. The first kappa shape index (κ1) is 17.8. The Bertz CT molecular complexity index is 904. The molecule has 134 valence electrons. The average Bonchev–Trinajstić information content (AvgIpc) is 3.01. The molecular weight excluding hydrogens is 370 g/mol. The van der Waals surface area contributed by atoms with Gasteiger partial charge in [0.2, 0.25) is 21.7 Å². The van der Waals surface area contributed by atoms with E-state index in [1.165, 1.54) is 16.4 Å². The molecule has 1 aliphatic rings. The van der Waals surface area contributed by atoms with Gasteiger partial charge in [0, 0.05) is 25.6 Å². The maximum Gasteiger partial charge on any atom is 0.306 e. The van der Waals surface area contributed by atoms with Crippen LogP contribution in [0.5, 0.6) is 0 Å². The van der Waals surface area contributed by atoms with E-state index >= 15 is 0 Å². The Morgan fingerprint density at radius 2 is 2.04 bits per heavy atom. The molecule has 0 radical (unpaired) electrons. The number of hydrogen-bond donors (Lipinski definition) is 1. The van der Waals surface area contributed by atoms with Gasteiger partial charge in [0.05, 0.1) is 10.9 Å². The third-order valence-electron chi connectivity index (χ3n) is 4.14. The largest absolute Gasteiger partial charge is 0.481 e. The molecule has 0 atom stereocenters. The predicted molar refractivity (Wildman–Crippen MR) is 88.6 cm³/mol. The number of carboxylic acid groups (broad SMARTS) is 1. The van der Waals surface area contributed by atoms with Gasteiger partial charge in [-0.1, -0.05) is 16.8 Å². The number of nitrogens with zero attached hydrogens (tertiary/aromatic N) is 3. The third kappa shape index (κ3) is 3.53. The lowest BCUT2D eigenvalue weighted by molar-refractivity contribution is -0.142. The number of hydrogen-bond acceptors (Lipinski definition) is 6. The van der Waals surface area contributed by atoms with Gasteiger partial charge in [0.25, 0.3) is 0 Å². The zero-order chi connectivity index (χ0) is 18.2. The van der Waals surface area contributed by atoms with Crippen LogP contribution in [0.4, 0.5) is 0 Å². The van der Waals surface area contributed by atoms with Gasteiger partial charge in [-0.2, -0.15) is 9.29 Å². The van der Waals surface area contributed by atoms with Crippen LogP contribution in [0.3, 0.4) is 0 Å². The van der Waals surface area contributed by atoms with Gasteiger partial charge in [-0.25, -0.2) is 8.42 Å². The average molecular weight is 386 g/mol. The number of carboxylic acids is 1. The molecule has 0 saturated carbocycles. The predicted octanol–water partition coefficient (Wildman–Crippen LogP) is 2.18. The Labute approximate surface area is 149 Å². The van der Waals surface area contributed by atoms with Gasteiger partial charge >= 0.3 is 5.97 Å². The normalized spacial score (nSPS) is 16.9. The second-order valence-corrected chi connectivity index (χ2v) is 8.11. The summed E-state index contributed by atoms with van der Waals surface area (Å²) in [6, 6.07) is 4.49. The van der Waals surface area contributed by atoms with Crippen LogP contribution in [0.1, 0.15) is 18.7 Å². The Hall–Kier alpha value is -1.97. The number of aromatic nitrogens is 2. The minimum atomic E-state index is -3.84. The van der Waals surface area contributed by atoms with Crippen LogP contribution in [-0.2, 0) is 14.8 Å². The molecule has 2 heterocycles. The van der Waals surface area contributed by atoms with Crippen LogP contribution in [-0.4, -0.2) is 47.0 Å². The number of piperidine rings is 1. The molecule has 0 bridgehead atoms. The molecule has 10 heteroatoms. The first-order chi connectivity index (χ1) is 11.8. The van der Waals surface area contributed by atoms with Gasteiger partial charge in [-0.15, -0.1) is 0 Å². The lowest BCUT2D eigenvalue weighted by Gasteiger charge is -2.29. The highest BCUT2D eigenvalue weighted by molar-refractivity contribution is 7.89. The standard InChI is InChI=1S/C15H16ClN3O5S/c1-9-17-14(18-24-9)11-2-3-12(16)13(8-11)25(22,23)19-6-4-10(5-7-19)15(20)21/h2-3,8,10H,4-7H2,1H3,(H,20,21). The van der Waals surface area contributed by atoms with Crippen LogP contribution < -0.4 is 0 Å². The van der Waals surface area contributed by atoms with Crippen molar-refractivity contribution in [2.75, 3.05) is 13.1 Å². The van der Waals surface area contributed by atoms with Gasteiger partial charge < -0.3 is 9.63 Å². The second kappa shape index (κ2) is 6.74. The number of halogens is 1. The van der Waals surface area contributed by atoms with E-state index in [4.69, 9.17) is 21.2 Å². The summed E-state index contributed by atoms with van der Waals surface area (Å²) in [5.74, 6) is -0.777. The summed E-state index contributed by atoms with van der Waals surface area (Å²) in [6.45, 7) is 1.92. The van der Waals surface area contributed by atoms with E-state index in [1.54, 1.807) is 13.0 Å². The van der Waals surface area contributed by atoms with Crippen molar-refractivity contribution >= 4 is 27.6 Å². The van der Waals surface area contributed by atoms with Gasteiger partial charge in [-0.05, 0) is 31.0 Å². The lowest BCUT2D eigenvalue weighted by Crippen LogP contribution is -2.40. The van der Waals surface area contributed by atoms with Crippen molar-refractivity contribution in [3.05, 3.63) is 29.1 Å². The van der Waals surface area contributed by atoms with E-state index in [2.05, 4.69) is 10.1 Å². The van der Waals surface area contributed by atoms with Gasteiger partial charge in [0.1, 0.15) is 4.90 Å². The molecule has 2 aromatic rings. The quantitative estimate of drug-likeness (QED) is 0.857. The fraction of sp³-hybridized carbons (Fsp3) is 0.400. The van der Waals surface area contributed by atoms with E-state index in [0.29, 0.717) is 11.5 Å². The van der Waals surface area contributed by atoms with Crippen molar-refractivity contribution < 1.29 is 22.8 Å². The maximum absolute atomic E-state index is 12.9. The van der Waals surface area contributed by atoms with Gasteiger partial charge in [-0.3, -0.25) is 4.79 Å². The first-order valence-electron chi connectivity index (χ1n) is 7.62. The molecule has 1 fully saturated rings. The van der Waals surface area contributed by atoms with Crippen molar-refractivity contribution in [2.45, 2.75) is 24.7 Å². The summed E-state index contributed by atoms with van der Waals surface area (Å²) in [6.07, 6.45) is 0.547. The van der Waals surface area contributed by atoms with Crippen LogP contribution >= 0.6 is 11.6 Å². The van der Waals surface area contributed by atoms with Crippen LogP contribution in [0.25, 0.3) is 11.4 Å². The highest BCUT2D eigenvalue weighted by Crippen LogP contribution is 2.31. The molecule has 1 saturated heterocycles. The number of sulfonamides is 1. The summed E-state index contributed by atoms with van der Waals surface area (Å²) in [5, 5.41) is 12.9. The monoisotopic (exact) mass is 385 g/mol. The van der Waals surface area contributed by atoms with E-state index < -0.39 is 21.9 Å². The molecule has 1 aromatic carbocycles. The van der Waals surface area contributed by atoms with Crippen LogP contribution in [0, 0.1) is 12.8 Å². The Morgan fingerprint density at radius 3 is 2.60 bits per heavy atom. The SMILES string of the molecule is Cc1nc(-c2ccc(Cl)c(S(=O)(=O)N3CCC(C(=O)O)CC3)c2)no1. The summed E-state index contributed by atoms with van der Waals surface area (Å²) >= 11 is 6.11. The van der Waals surface area contributed by atoms with Crippen molar-refractivity contribution in [2.24, 2.45) is 5.92 Å². The molecule has 1 aromatic heterocycles. The number of benzene rings is 1. The fourth-order valence-electron chi connectivity index (χ4n) is 2.74. The molecule has 25 heavy (non-hydrogen) atoms. The number of aryl methyl sites for hydroxylation is 1. The van der Waals surface area contributed by atoms with E-state index in [0.717, 1.165) is 0 Å². The van der Waals surface area contributed by atoms with E-state index in [1.807, 2.05) is 0 Å². The number of aliphatic carboxylic acids is 1. The molecule has 0 unspecified atom stereocenters. The highest BCUT2D eigenvalue weighted by atomic mass is 35.5. The van der Waals surface area contributed by atoms with Crippen molar-refractivity contribution in [1.82, 2.24) is 14.4 Å². The molecule has 1 N–H and O–H groups in total. The Balaban J connectivity index is 1.91. The fourth-order valence-corrected chi connectivity index (χ4v) is 4.71. The summed E-state index contributed by atoms with van der Waals surface area (Å²) in [7, 11) is -3.84. The summed E-state index contributed by atoms with van der Waals surface area (Å²) < 4.78 is 32.0.